The maximum atomic E-state index is 11.1. The molecule has 0 saturated carbocycles. The summed E-state index contributed by atoms with van der Waals surface area (Å²) in [6.45, 7) is 1.97. The zero-order valence-corrected chi connectivity index (χ0v) is 10.7. The molecule has 0 aliphatic heterocycles. The molecule has 0 spiro atoms. The SMILES string of the molecule is CNc1cccc(Oc2ccc(C)cc2)c1[N+](=O)[O-]. The molecule has 0 bridgehead atoms. The number of para-hydroxylation sites is 1. The lowest BCUT2D eigenvalue weighted by atomic mass is 10.2. The van der Waals surface area contributed by atoms with E-state index in [4.69, 9.17) is 4.74 Å². The van der Waals surface area contributed by atoms with Crippen molar-refractivity contribution in [3.63, 3.8) is 0 Å². The van der Waals surface area contributed by atoms with E-state index < -0.39 is 4.92 Å². The molecule has 5 nitrogen and oxygen atoms in total. The summed E-state index contributed by atoms with van der Waals surface area (Å²) in [5.41, 5.74) is 1.46. The molecule has 0 aromatic heterocycles. The summed E-state index contributed by atoms with van der Waals surface area (Å²) in [6, 6.07) is 12.3. The van der Waals surface area contributed by atoms with Gasteiger partial charge in [0, 0.05) is 7.05 Å². The molecule has 0 radical (unpaired) electrons. The molecular weight excluding hydrogens is 244 g/mol. The van der Waals surface area contributed by atoms with Crippen LogP contribution in [0.4, 0.5) is 11.4 Å². The molecule has 2 aromatic carbocycles. The Morgan fingerprint density at radius 1 is 1.16 bits per heavy atom. The van der Waals surface area contributed by atoms with Gasteiger partial charge in [0.05, 0.1) is 4.92 Å². The highest BCUT2D eigenvalue weighted by molar-refractivity contribution is 5.68. The van der Waals surface area contributed by atoms with Crippen LogP contribution in [0.5, 0.6) is 11.5 Å². The first kappa shape index (κ1) is 12.9. The summed E-state index contributed by atoms with van der Waals surface area (Å²) in [7, 11) is 1.64. The summed E-state index contributed by atoms with van der Waals surface area (Å²) in [5.74, 6) is 0.794. The summed E-state index contributed by atoms with van der Waals surface area (Å²) < 4.78 is 5.59. The second-order valence-corrected chi connectivity index (χ2v) is 4.07. The van der Waals surface area contributed by atoms with Crippen LogP contribution in [0.25, 0.3) is 0 Å². The summed E-state index contributed by atoms with van der Waals surface area (Å²) in [5, 5.41) is 13.9. The highest BCUT2D eigenvalue weighted by Crippen LogP contribution is 2.37. The Kier molecular flexibility index (Phi) is 3.66. The number of hydrogen-bond donors (Lipinski definition) is 1. The first-order valence-corrected chi connectivity index (χ1v) is 5.81. The van der Waals surface area contributed by atoms with E-state index in [0.717, 1.165) is 5.56 Å². The number of anilines is 1. The average molecular weight is 258 g/mol. The van der Waals surface area contributed by atoms with E-state index in [2.05, 4.69) is 5.32 Å². The highest BCUT2D eigenvalue weighted by Gasteiger charge is 2.20. The molecule has 2 aromatic rings. The fourth-order valence-electron chi connectivity index (χ4n) is 1.73. The lowest BCUT2D eigenvalue weighted by Gasteiger charge is -2.09. The first-order chi connectivity index (χ1) is 9.11. The molecule has 0 saturated heterocycles. The van der Waals surface area contributed by atoms with E-state index in [-0.39, 0.29) is 11.4 Å². The van der Waals surface area contributed by atoms with Gasteiger partial charge in [-0.05, 0) is 31.2 Å². The Morgan fingerprint density at radius 3 is 2.42 bits per heavy atom. The number of nitro groups is 1. The van der Waals surface area contributed by atoms with Gasteiger partial charge in [0.2, 0.25) is 5.75 Å². The molecular formula is C14H14N2O3. The van der Waals surface area contributed by atoms with Crippen molar-refractivity contribution in [3.05, 3.63) is 58.1 Å². The number of aryl methyl sites for hydroxylation is 1. The monoisotopic (exact) mass is 258 g/mol. The zero-order chi connectivity index (χ0) is 13.8. The first-order valence-electron chi connectivity index (χ1n) is 5.81. The fourth-order valence-corrected chi connectivity index (χ4v) is 1.73. The predicted octanol–water partition coefficient (Wildman–Crippen LogP) is 3.74. The van der Waals surface area contributed by atoms with Crippen LogP contribution in [-0.2, 0) is 0 Å². The van der Waals surface area contributed by atoms with Crippen LogP contribution in [0.1, 0.15) is 5.56 Å². The van der Waals surface area contributed by atoms with Gasteiger partial charge in [-0.2, -0.15) is 0 Å². The minimum absolute atomic E-state index is 0.0643. The molecule has 0 amide bonds. The topological polar surface area (TPSA) is 64.4 Å². The van der Waals surface area contributed by atoms with Gasteiger partial charge in [-0.1, -0.05) is 23.8 Å². The Bertz CT molecular complexity index is 594. The van der Waals surface area contributed by atoms with Crippen LogP contribution < -0.4 is 10.1 Å². The van der Waals surface area contributed by atoms with E-state index in [9.17, 15) is 10.1 Å². The molecule has 0 aliphatic carbocycles. The van der Waals surface area contributed by atoms with Gasteiger partial charge in [0.15, 0.2) is 0 Å². The smallest absolute Gasteiger partial charge is 0.334 e. The fraction of sp³-hybridized carbons (Fsp3) is 0.143. The number of benzene rings is 2. The molecule has 0 atom stereocenters. The molecule has 0 unspecified atom stereocenters. The van der Waals surface area contributed by atoms with Crippen molar-refractivity contribution in [1.29, 1.82) is 0 Å². The quantitative estimate of drug-likeness (QED) is 0.670. The number of rotatable bonds is 4. The van der Waals surface area contributed by atoms with E-state index in [1.54, 1.807) is 37.4 Å². The number of ether oxygens (including phenoxy) is 1. The van der Waals surface area contributed by atoms with Crippen LogP contribution in [0.15, 0.2) is 42.5 Å². The largest absolute Gasteiger partial charge is 0.450 e. The van der Waals surface area contributed by atoms with Gasteiger partial charge in [0.1, 0.15) is 11.4 Å². The van der Waals surface area contributed by atoms with Gasteiger partial charge in [-0.3, -0.25) is 10.1 Å². The Labute approximate surface area is 111 Å². The standard InChI is InChI=1S/C14H14N2O3/c1-10-6-8-11(9-7-10)19-13-5-3-4-12(15-2)14(13)16(17)18/h3-9,15H,1-2H3. The lowest BCUT2D eigenvalue weighted by molar-refractivity contribution is -0.384. The Balaban J connectivity index is 2.39. The minimum Gasteiger partial charge on any atom is -0.450 e. The number of nitrogens with zero attached hydrogens (tertiary/aromatic N) is 1. The molecule has 5 heteroatoms. The summed E-state index contributed by atoms with van der Waals surface area (Å²) in [4.78, 5) is 10.7. The Morgan fingerprint density at radius 2 is 1.84 bits per heavy atom. The van der Waals surface area contributed by atoms with Gasteiger partial charge in [0.25, 0.3) is 0 Å². The predicted molar refractivity (Wildman–Crippen MR) is 73.9 cm³/mol. The van der Waals surface area contributed by atoms with Crippen molar-refractivity contribution in [2.24, 2.45) is 0 Å². The normalized spacial score (nSPS) is 10.0. The summed E-state index contributed by atoms with van der Waals surface area (Å²) in [6.07, 6.45) is 0. The van der Waals surface area contributed by atoms with E-state index in [0.29, 0.717) is 11.4 Å². The van der Waals surface area contributed by atoms with Gasteiger partial charge in [-0.25, -0.2) is 0 Å². The number of nitro benzene ring substituents is 1. The maximum absolute atomic E-state index is 11.1. The second-order valence-electron chi connectivity index (χ2n) is 4.07. The van der Waals surface area contributed by atoms with E-state index in [1.165, 1.54) is 0 Å². The third-order valence-electron chi connectivity index (χ3n) is 2.70. The number of nitrogens with one attached hydrogen (secondary N) is 1. The number of hydrogen-bond acceptors (Lipinski definition) is 4. The molecule has 98 valence electrons. The van der Waals surface area contributed by atoms with Crippen molar-refractivity contribution in [2.45, 2.75) is 6.92 Å². The van der Waals surface area contributed by atoms with Crippen molar-refractivity contribution in [1.82, 2.24) is 0 Å². The minimum atomic E-state index is -0.449. The van der Waals surface area contributed by atoms with E-state index in [1.807, 2.05) is 19.1 Å². The van der Waals surface area contributed by atoms with Crippen molar-refractivity contribution < 1.29 is 9.66 Å². The van der Waals surface area contributed by atoms with Gasteiger partial charge in [-0.15, -0.1) is 0 Å². The molecule has 0 heterocycles. The third kappa shape index (κ3) is 2.82. The van der Waals surface area contributed by atoms with Gasteiger partial charge < -0.3 is 10.1 Å². The Hall–Kier alpha value is -2.56. The van der Waals surface area contributed by atoms with Crippen LogP contribution >= 0.6 is 0 Å². The molecule has 0 fully saturated rings. The molecule has 1 N–H and O–H groups in total. The molecule has 0 aliphatic rings. The van der Waals surface area contributed by atoms with Crippen LogP contribution in [0.2, 0.25) is 0 Å². The second kappa shape index (κ2) is 5.39. The average Bonchev–Trinajstić information content (AvgIpc) is 2.40. The third-order valence-corrected chi connectivity index (χ3v) is 2.70. The van der Waals surface area contributed by atoms with Gasteiger partial charge >= 0.3 is 5.69 Å². The van der Waals surface area contributed by atoms with Crippen LogP contribution in [0, 0.1) is 17.0 Å². The van der Waals surface area contributed by atoms with Crippen LogP contribution in [0.3, 0.4) is 0 Å². The lowest BCUT2D eigenvalue weighted by Crippen LogP contribution is -1.99. The van der Waals surface area contributed by atoms with Crippen molar-refractivity contribution >= 4 is 11.4 Å². The van der Waals surface area contributed by atoms with Crippen molar-refractivity contribution in [2.75, 3.05) is 12.4 Å². The highest BCUT2D eigenvalue weighted by atomic mass is 16.6. The van der Waals surface area contributed by atoms with Crippen LogP contribution in [-0.4, -0.2) is 12.0 Å². The molecule has 2 rings (SSSR count). The summed E-state index contributed by atoms with van der Waals surface area (Å²) >= 11 is 0. The maximum Gasteiger partial charge on any atom is 0.334 e. The zero-order valence-electron chi connectivity index (χ0n) is 10.7. The van der Waals surface area contributed by atoms with Crippen molar-refractivity contribution in [3.8, 4) is 11.5 Å². The molecule has 19 heavy (non-hydrogen) atoms. The van der Waals surface area contributed by atoms with E-state index >= 15 is 0 Å².